The maximum absolute atomic E-state index is 12.4. The van der Waals surface area contributed by atoms with Crippen molar-refractivity contribution < 1.29 is 27.9 Å². The first-order valence-corrected chi connectivity index (χ1v) is 10.4. The summed E-state index contributed by atoms with van der Waals surface area (Å²) in [5.74, 6) is -3.11. The minimum absolute atomic E-state index is 0.0216. The highest BCUT2D eigenvalue weighted by molar-refractivity contribution is 5.95. The standard InChI is InChI=1S/C18H21N3O3.C2H2F3NO.C2H6/c1-3-7-14(13-8-5-4-6-9-13)21-12-19(2)18(24)16-17(23)15(22)10-11-20(16)21;3-2(4,5)1(6)7;1-2/h4-6,8-11,14,23H,3,7,12H2,1-2H3;(H2,6,7);1-2H3. The number of rotatable bonds is 4. The lowest BCUT2D eigenvalue weighted by molar-refractivity contribution is -0.169. The third kappa shape index (κ3) is 6.74. The number of amides is 2. The van der Waals surface area contributed by atoms with Gasteiger partial charge in [0.15, 0.2) is 11.4 Å². The number of alkyl halides is 3. The number of pyridine rings is 1. The molecule has 1 aromatic heterocycles. The third-order valence-corrected chi connectivity index (χ3v) is 4.62. The Bertz CT molecular complexity index is 993. The molecule has 1 unspecified atom stereocenters. The van der Waals surface area contributed by atoms with Crippen LogP contribution in [0.15, 0.2) is 47.4 Å². The van der Waals surface area contributed by atoms with Crippen LogP contribution in [0.4, 0.5) is 13.2 Å². The molecule has 3 N–H and O–H groups in total. The highest BCUT2D eigenvalue weighted by Crippen LogP contribution is 2.29. The van der Waals surface area contributed by atoms with Crippen LogP contribution >= 0.6 is 0 Å². The van der Waals surface area contributed by atoms with Crippen LogP contribution < -0.4 is 16.2 Å². The molecular formula is C22H29F3N4O4. The summed E-state index contributed by atoms with van der Waals surface area (Å²) in [6, 6.07) is 11.4. The van der Waals surface area contributed by atoms with Gasteiger partial charge in [-0.1, -0.05) is 57.5 Å². The van der Waals surface area contributed by atoms with Gasteiger partial charge in [-0.25, -0.2) is 0 Å². The molecule has 3 rings (SSSR count). The summed E-state index contributed by atoms with van der Waals surface area (Å²) in [6.45, 7) is 6.49. The van der Waals surface area contributed by atoms with Crippen LogP contribution in [0.2, 0.25) is 0 Å². The van der Waals surface area contributed by atoms with Crippen LogP contribution in [0, 0.1) is 0 Å². The lowest BCUT2D eigenvalue weighted by Gasteiger charge is -2.42. The largest absolute Gasteiger partial charge is 0.502 e. The van der Waals surface area contributed by atoms with Gasteiger partial charge in [0.05, 0.1) is 6.04 Å². The van der Waals surface area contributed by atoms with Gasteiger partial charge in [-0.2, -0.15) is 13.2 Å². The van der Waals surface area contributed by atoms with Crippen molar-refractivity contribution in [1.29, 1.82) is 0 Å². The van der Waals surface area contributed by atoms with Gasteiger partial charge in [0, 0.05) is 19.3 Å². The molecule has 8 nitrogen and oxygen atoms in total. The zero-order valence-electron chi connectivity index (χ0n) is 19.0. The second-order valence-electron chi connectivity index (χ2n) is 6.88. The summed E-state index contributed by atoms with van der Waals surface area (Å²) in [5.41, 5.74) is 4.41. The van der Waals surface area contributed by atoms with E-state index in [2.05, 4.69) is 24.8 Å². The van der Waals surface area contributed by atoms with Gasteiger partial charge in [-0.05, 0) is 12.0 Å². The predicted molar refractivity (Wildman–Crippen MR) is 118 cm³/mol. The van der Waals surface area contributed by atoms with E-state index in [1.165, 1.54) is 11.0 Å². The van der Waals surface area contributed by atoms with Gasteiger partial charge in [-0.15, -0.1) is 0 Å². The van der Waals surface area contributed by atoms with E-state index in [0.29, 0.717) is 6.67 Å². The Morgan fingerprint density at radius 2 is 1.70 bits per heavy atom. The number of primary amides is 1. The fourth-order valence-electron chi connectivity index (χ4n) is 3.15. The van der Waals surface area contributed by atoms with Crippen molar-refractivity contribution in [3.05, 3.63) is 64.1 Å². The normalized spacial score (nSPS) is 13.7. The number of fused-ring (bicyclic) bond motifs is 1. The van der Waals surface area contributed by atoms with Crippen molar-refractivity contribution in [1.82, 2.24) is 9.58 Å². The third-order valence-electron chi connectivity index (χ3n) is 4.62. The first kappa shape index (κ1) is 27.5. The van der Waals surface area contributed by atoms with Crippen molar-refractivity contribution in [3.63, 3.8) is 0 Å². The first-order chi connectivity index (χ1) is 15.5. The van der Waals surface area contributed by atoms with Gasteiger partial charge < -0.3 is 15.7 Å². The number of carbonyl (C=O) groups is 2. The number of nitrogens with zero attached hydrogens (tertiary/aromatic N) is 3. The highest BCUT2D eigenvalue weighted by Gasteiger charge is 2.35. The number of carbonyl (C=O) groups excluding carboxylic acids is 2. The molecule has 1 aromatic carbocycles. The molecule has 0 fully saturated rings. The summed E-state index contributed by atoms with van der Waals surface area (Å²) in [5, 5.41) is 12.1. The molecule has 182 valence electrons. The van der Waals surface area contributed by atoms with Crippen LogP contribution in [-0.2, 0) is 4.79 Å². The maximum atomic E-state index is 12.4. The summed E-state index contributed by atoms with van der Waals surface area (Å²) in [4.78, 5) is 34.8. The van der Waals surface area contributed by atoms with Crippen LogP contribution in [0.25, 0.3) is 0 Å². The van der Waals surface area contributed by atoms with E-state index in [4.69, 9.17) is 4.79 Å². The van der Waals surface area contributed by atoms with Crippen molar-refractivity contribution in [2.24, 2.45) is 5.73 Å². The topological polar surface area (TPSA) is 109 Å². The van der Waals surface area contributed by atoms with Crippen molar-refractivity contribution in [3.8, 4) is 5.75 Å². The van der Waals surface area contributed by atoms with Crippen LogP contribution in [-0.4, -0.2) is 46.4 Å². The number of aromatic hydroxyl groups is 1. The van der Waals surface area contributed by atoms with Crippen molar-refractivity contribution >= 4 is 11.8 Å². The molecule has 1 atom stereocenters. The highest BCUT2D eigenvalue weighted by atomic mass is 19.4. The minimum atomic E-state index is -4.86. The SMILES string of the molecule is CC.CCCC(c1ccccc1)N1CN(C)C(=O)c2c(O)c(=O)ccn21.NC(=O)C(F)(F)F. The lowest BCUT2D eigenvalue weighted by atomic mass is 10.0. The Balaban J connectivity index is 0.000000520. The fraction of sp³-hybridized carbons (Fsp3) is 0.409. The van der Waals surface area contributed by atoms with Crippen molar-refractivity contribution in [2.45, 2.75) is 45.8 Å². The molecule has 1 aliphatic rings. The quantitative estimate of drug-likeness (QED) is 0.714. The van der Waals surface area contributed by atoms with Gasteiger partial charge in [-0.3, -0.25) is 24.1 Å². The molecule has 0 radical (unpaired) electrons. The number of hydrogen-bond donors (Lipinski definition) is 2. The predicted octanol–water partition coefficient (Wildman–Crippen LogP) is 3.14. The molecule has 33 heavy (non-hydrogen) atoms. The van der Waals surface area contributed by atoms with E-state index >= 15 is 0 Å². The lowest BCUT2D eigenvalue weighted by Crippen LogP contribution is -2.54. The first-order valence-electron chi connectivity index (χ1n) is 10.4. The number of halogens is 3. The summed E-state index contributed by atoms with van der Waals surface area (Å²) in [7, 11) is 1.67. The Morgan fingerprint density at radius 3 is 2.18 bits per heavy atom. The molecule has 0 saturated carbocycles. The number of aromatic nitrogens is 1. The van der Waals surface area contributed by atoms with E-state index in [9.17, 15) is 27.9 Å². The number of nitrogens with two attached hydrogens (primary N) is 1. The second kappa shape index (κ2) is 11.9. The van der Waals surface area contributed by atoms with Crippen LogP contribution in [0.3, 0.4) is 0 Å². The molecule has 0 bridgehead atoms. The molecule has 1 aliphatic heterocycles. The zero-order chi connectivity index (χ0) is 25.3. The second-order valence-corrected chi connectivity index (χ2v) is 6.88. The minimum Gasteiger partial charge on any atom is -0.502 e. The molecule has 2 aromatic rings. The van der Waals surface area contributed by atoms with Crippen LogP contribution in [0.5, 0.6) is 5.75 Å². The van der Waals surface area contributed by atoms with Crippen molar-refractivity contribution in [2.75, 3.05) is 18.7 Å². The summed E-state index contributed by atoms with van der Waals surface area (Å²) < 4.78 is 33.7. The van der Waals surface area contributed by atoms with E-state index in [-0.39, 0.29) is 17.6 Å². The van der Waals surface area contributed by atoms with Crippen LogP contribution in [0.1, 0.15) is 55.7 Å². The maximum Gasteiger partial charge on any atom is 0.470 e. The Kier molecular flexibility index (Phi) is 9.96. The summed E-state index contributed by atoms with van der Waals surface area (Å²) in [6.07, 6.45) is -1.44. The molecule has 0 aliphatic carbocycles. The number of benzene rings is 1. The van der Waals surface area contributed by atoms with Gasteiger partial charge in [0.1, 0.15) is 6.67 Å². The Morgan fingerprint density at radius 1 is 1.15 bits per heavy atom. The molecule has 2 amide bonds. The zero-order valence-corrected chi connectivity index (χ0v) is 19.0. The van der Waals surface area contributed by atoms with Gasteiger partial charge in [0.25, 0.3) is 5.91 Å². The Labute approximate surface area is 190 Å². The fourth-order valence-corrected chi connectivity index (χ4v) is 3.15. The van der Waals surface area contributed by atoms with E-state index in [0.717, 1.165) is 18.4 Å². The molecule has 0 spiro atoms. The summed E-state index contributed by atoms with van der Waals surface area (Å²) >= 11 is 0. The monoisotopic (exact) mass is 470 g/mol. The van der Waals surface area contributed by atoms with E-state index < -0.39 is 23.3 Å². The Hall–Kier alpha value is -3.50. The molecule has 0 saturated heterocycles. The molecule has 11 heteroatoms. The number of hydrogen-bond acceptors (Lipinski definition) is 5. The van der Waals surface area contributed by atoms with E-state index in [1.54, 1.807) is 17.9 Å². The smallest absolute Gasteiger partial charge is 0.470 e. The average molecular weight is 470 g/mol. The molecular weight excluding hydrogens is 441 g/mol. The average Bonchev–Trinajstić information content (AvgIpc) is 2.78. The molecule has 2 heterocycles. The van der Waals surface area contributed by atoms with Gasteiger partial charge in [0.2, 0.25) is 5.43 Å². The van der Waals surface area contributed by atoms with Gasteiger partial charge >= 0.3 is 12.1 Å². The van der Waals surface area contributed by atoms with E-state index in [1.807, 2.05) is 37.1 Å².